The van der Waals surface area contributed by atoms with Gasteiger partial charge in [-0.3, -0.25) is 4.99 Å². The fourth-order valence-corrected chi connectivity index (χ4v) is 3.93. The summed E-state index contributed by atoms with van der Waals surface area (Å²) in [5.74, 6) is 0.526. The number of halogens is 3. The predicted molar refractivity (Wildman–Crippen MR) is 126 cm³/mol. The zero-order chi connectivity index (χ0) is 20.0. The molecule has 0 fully saturated rings. The van der Waals surface area contributed by atoms with Crippen molar-refractivity contribution in [2.45, 2.75) is 18.0 Å². The lowest BCUT2D eigenvalue weighted by Gasteiger charge is -2.17. The van der Waals surface area contributed by atoms with Gasteiger partial charge in [0.15, 0.2) is 5.96 Å². The van der Waals surface area contributed by atoms with Gasteiger partial charge >= 0.3 is 0 Å². The Morgan fingerprint density at radius 3 is 2.21 bits per heavy atom. The van der Waals surface area contributed by atoms with Gasteiger partial charge in [-0.05, 0) is 29.3 Å². The van der Waals surface area contributed by atoms with E-state index >= 15 is 0 Å². The average molecular weight is 557 g/mol. The van der Waals surface area contributed by atoms with Crippen LogP contribution in [0.15, 0.2) is 52.4 Å². The lowest BCUT2D eigenvalue weighted by molar-refractivity contribution is 0.519. The SMILES string of the molecule is CN=C(NCc1ccc(Cl)cc1Cl)NCc1ccccc1S(=O)(=O)N(C)C.I. The summed E-state index contributed by atoms with van der Waals surface area (Å²) in [6.45, 7) is 0.755. The second kappa shape index (κ2) is 11.2. The normalized spacial score (nSPS) is 11.9. The molecule has 6 nitrogen and oxygen atoms in total. The third-order valence-corrected chi connectivity index (χ3v) is 6.36. The quantitative estimate of drug-likeness (QED) is 0.323. The van der Waals surface area contributed by atoms with Gasteiger partial charge in [-0.2, -0.15) is 0 Å². The lowest BCUT2D eigenvalue weighted by Crippen LogP contribution is -2.37. The Morgan fingerprint density at radius 1 is 1.04 bits per heavy atom. The molecule has 2 aromatic carbocycles. The zero-order valence-electron chi connectivity index (χ0n) is 15.7. The summed E-state index contributed by atoms with van der Waals surface area (Å²) < 4.78 is 26.1. The molecule has 0 heterocycles. The van der Waals surface area contributed by atoms with Gasteiger partial charge in [0.05, 0.1) is 4.90 Å². The molecule has 0 spiro atoms. The third-order valence-electron chi connectivity index (χ3n) is 3.86. The van der Waals surface area contributed by atoms with E-state index in [9.17, 15) is 8.42 Å². The van der Waals surface area contributed by atoms with Crippen molar-refractivity contribution in [3.8, 4) is 0 Å². The molecule has 0 amide bonds. The van der Waals surface area contributed by atoms with E-state index in [1.807, 2.05) is 6.07 Å². The minimum absolute atomic E-state index is 0. The Bertz CT molecular complexity index is 937. The Balaban J connectivity index is 0.00000392. The summed E-state index contributed by atoms with van der Waals surface area (Å²) in [5, 5.41) is 7.41. The number of hydrogen-bond acceptors (Lipinski definition) is 3. The fourth-order valence-electron chi connectivity index (χ4n) is 2.34. The first-order valence-corrected chi connectivity index (χ1v) is 10.3. The molecular formula is C18H23Cl2IN4O2S. The molecule has 2 rings (SSSR count). The van der Waals surface area contributed by atoms with Crippen LogP contribution in [-0.2, 0) is 23.1 Å². The van der Waals surface area contributed by atoms with Crippen LogP contribution in [0.2, 0.25) is 10.0 Å². The van der Waals surface area contributed by atoms with Gasteiger partial charge in [-0.1, -0.05) is 47.5 Å². The number of guanidine groups is 1. The minimum Gasteiger partial charge on any atom is -0.352 e. The van der Waals surface area contributed by atoms with E-state index in [0.29, 0.717) is 34.7 Å². The molecule has 0 radical (unpaired) electrons. The minimum atomic E-state index is -3.52. The smallest absolute Gasteiger partial charge is 0.242 e. The van der Waals surface area contributed by atoms with E-state index in [1.54, 1.807) is 43.4 Å². The highest BCUT2D eigenvalue weighted by molar-refractivity contribution is 14.0. The first kappa shape index (κ1) is 25.0. The molecule has 2 N–H and O–H groups in total. The van der Waals surface area contributed by atoms with E-state index < -0.39 is 10.0 Å². The molecule has 28 heavy (non-hydrogen) atoms. The van der Waals surface area contributed by atoms with Crippen LogP contribution in [0.3, 0.4) is 0 Å². The molecule has 2 aromatic rings. The van der Waals surface area contributed by atoms with Crippen molar-refractivity contribution in [3.63, 3.8) is 0 Å². The number of hydrogen-bond donors (Lipinski definition) is 2. The summed E-state index contributed by atoms with van der Waals surface area (Å²) in [6, 6.07) is 12.2. The maximum absolute atomic E-state index is 12.5. The van der Waals surface area contributed by atoms with Crippen LogP contribution < -0.4 is 10.6 Å². The van der Waals surface area contributed by atoms with Crippen LogP contribution >= 0.6 is 47.2 Å². The number of aliphatic imine (C=N–C) groups is 1. The Kier molecular flexibility index (Phi) is 9.99. The van der Waals surface area contributed by atoms with Gasteiger partial charge in [-0.15, -0.1) is 24.0 Å². The molecule has 0 saturated heterocycles. The summed E-state index contributed by atoms with van der Waals surface area (Å²) in [7, 11) is 1.14. The van der Waals surface area contributed by atoms with Gasteiger partial charge in [0.1, 0.15) is 0 Å². The summed E-state index contributed by atoms with van der Waals surface area (Å²) in [5.41, 5.74) is 1.53. The van der Waals surface area contributed by atoms with Gasteiger partial charge in [-0.25, -0.2) is 12.7 Å². The van der Waals surface area contributed by atoms with Crippen molar-refractivity contribution in [1.82, 2.24) is 14.9 Å². The van der Waals surface area contributed by atoms with Crippen LogP contribution in [0.5, 0.6) is 0 Å². The first-order chi connectivity index (χ1) is 12.8. The molecule has 0 aromatic heterocycles. The molecule has 0 aliphatic carbocycles. The van der Waals surface area contributed by atoms with E-state index in [-0.39, 0.29) is 28.9 Å². The van der Waals surface area contributed by atoms with Crippen molar-refractivity contribution in [2.24, 2.45) is 4.99 Å². The van der Waals surface area contributed by atoms with Crippen LogP contribution in [-0.4, -0.2) is 39.8 Å². The Labute approximate surface area is 193 Å². The molecule has 0 aliphatic rings. The lowest BCUT2D eigenvalue weighted by atomic mass is 10.2. The van der Waals surface area contributed by atoms with Crippen LogP contribution in [0.4, 0.5) is 0 Å². The largest absolute Gasteiger partial charge is 0.352 e. The number of benzene rings is 2. The number of nitrogens with one attached hydrogen (secondary N) is 2. The summed E-state index contributed by atoms with van der Waals surface area (Å²) >= 11 is 12.1. The van der Waals surface area contributed by atoms with Crippen molar-refractivity contribution < 1.29 is 8.42 Å². The third kappa shape index (κ3) is 6.48. The topological polar surface area (TPSA) is 73.8 Å². The highest BCUT2D eigenvalue weighted by Crippen LogP contribution is 2.21. The molecule has 0 unspecified atom stereocenters. The highest BCUT2D eigenvalue weighted by atomic mass is 127. The molecule has 154 valence electrons. The van der Waals surface area contributed by atoms with Gasteiger partial charge in [0.2, 0.25) is 10.0 Å². The summed E-state index contributed by atoms with van der Waals surface area (Å²) in [4.78, 5) is 4.42. The van der Waals surface area contributed by atoms with Crippen LogP contribution in [0.25, 0.3) is 0 Å². The zero-order valence-corrected chi connectivity index (χ0v) is 20.4. The van der Waals surface area contributed by atoms with Gasteiger partial charge in [0, 0.05) is 44.3 Å². The van der Waals surface area contributed by atoms with Crippen LogP contribution in [0.1, 0.15) is 11.1 Å². The molecule has 0 atom stereocenters. The number of rotatable bonds is 6. The molecular weight excluding hydrogens is 534 g/mol. The number of nitrogens with zero attached hydrogens (tertiary/aromatic N) is 2. The van der Waals surface area contributed by atoms with E-state index in [4.69, 9.17) is 23.2 Å². The van der Waals surface area contributed by atoms with Crippen LogP contribution in [0, 0.1) is 0 Å². The fraction of sp³-hybridized carbons (Fsp3) is 0.278. The molecule has 0 bridgehead atoms. The maximum Gasteiger partial charge on any atom is 0.242 e. The summed E-state index contributed by atoms with van der Waals surface area (Å²) in [6.07, 6.45) is 0. The monoisotopic (exact) mass is 556 g/mol. The second-order valence-electron chi connectivity index (χ2n) is 5.91. The number of sulfonamides is 1. The molecule has 0 aliphatic heterocycles. The first-order valence-electron chi connectivity index (χ1n) is 8.14. The van der Waals surface area contributed by atoms with Crippen molar-refractivity contribution >= 4 is 63.2 Å². The van der Waals surface area contributed by atoms with Gasteiger partial charge in [0.25, 0.3) is 0 Å². The van der Waals surface area contributed by atoms with Gasteiger partial charge < -0.3 is 10.6 Å². The van der Waals surface area contributed by atoms with E-state index in [2.05, 4.69) is 15.6 Å². The molecule has 10 heteroatoms. The Morgan fingerprint density at radius 2 is 1.64 bits per heavy atom. The van der Waals surface area contributed by atoms with E-state index in [1.165, 1.54) is 18.4 Å². The predicted octanol–water partition coefficient (Wildman–Crippen LogP) is 3.73. The van der Waals surface area contributed by atoms with Crippen molar-refractivity contribution in [1.29, 1.82) is 0 Å². The van der Waals surface area contributed by atoms with E-state index in [0.717, 1.165) is 5.56 Å². The molecule has 0 saturated carbocycles. The second-order valence-corrected chi connectivity index (χ2v) is 8.87. The Hall–Kier alpha value is -1.07. The average Bonchev–Trinajstić information content (AvgIpc) is 2.63. The highest BCUT2D eigenvalue weighted by Gasteiger charge is 2.20. The van der Waals surface area contributed by atoms with Crippen molar-refractivity contribution in [2.75, 3.05) is 21.1 Å². The standard InChI is InChI=1S/C18H22Cl2N4O2S.HI/c1-21-18(22-11-13-8-9-15(19)10-16(13)20)23-12-14-6-4-5-7-17(14)27(25,26)24(2)3;/h4-10H,11-12H2,1-3H3,(H2,21,22,23);1H. The maximum atomic E-state index is 12.5. The van der Waals surface area contributed by atoms with Crippen molar-refractivity contribution in [3.05, 3.63) is 63.6 Å².